The SMILES string of the molecule is CC(Oc1ccc(Cl)cc1Cl)C(=O)NC(=S)NNC(=O)COc1ccc(Cl)cc1. The molecular weight excluding hydrogens is 461 g/mol. The fourth-order valence-corrected chi connectivity index (χ4v) is 2.63. The Morgan fingerprint density at radius 1 is 1.03 bits per heavy atom. The standard InChI is InChI=1S/C18H16Cl3N3O4S/c1-10(28-15-7-4-12(20)8-14(15)21)17(26)22-18(29)24-23-16(25)9-27-13-5-2-11(19)3-6-13/h2-8,10H,9H2,1H3,(H,23,25)(H2,22,24,26,29). The zero-order valence-corrected chi connectivity index (χ0v) is 18.1. The van der Waals surface area contributed by atoms with Gasteiger partial charge >= 0.3 is 0 Å². The molecule has 29 heavy (non-hydrogen) atoms. The molecule has 0 bridgehead atoms. The fourth-order valence-electron chi connectivity index (χ4n) is 1.90. The third-order valence-corrected chi connectivity index (χ3v) is 4.29. The first kappa shape index (κ1) is 23.0. The number of hydrogen-bond acceptors (Lipinski definition) is 5. The number of halogens is 3. The predicted molar refractivity (Wildman–Crippen MR) is 116 cm³/mol. The minimum absolute atomic E-state index is 0.118. The van der Waals surface area contributed by atoms with Crippen molar-refractivity contribution in [3.05, 3.63) is 57.5 Å². The third kappa shape index (κ3) is 7.94. The second-order valence-corrected chi connectivity index (χ2v) is 7.26. The lowest BCUT2D eigenvalue weighted by molar-refractivity contribution is -0.126. The molecule has 1 unspecified atom stereocenters. The molecule has 0 radical (unpaired) electrons. The maximum atomic E-state index is 12.1. The fraction of sp³-hybridized carbons (Fsp3) is 0.167. The smallest absolute Gasteiger partial charge is 0.276 e. The maximum Gasteiger partial charge on any atom is 0.276 e. The van der Waals surface area contributed by atoms with Crippen LogP contribution in [0.15, 0.2) is 42.5 Å². The molecule has 2 aromatic carbocycles. The number of carbonyl (C=O) groups is 2. The quantitative estimate of drug-likeness (QED) is 0.437. The Bertz CT molecular complexity index is 896. The average molecular weight is 477 g/mol. The van der Waals surface area contributed by atoms with Gasteiger partial charge in [0, 0.05) is 10.0 Å². The van der Waals surface area contributed by atoms with E-state index in [1.807, 2.05) is 0 Å². The molecule has 1 atom stereocenters. The Kier molecular flexibility index (Phi) is 8.78. The number of ether oxygens (including phenoxy) is 2. The van der Waals surface area contributed by atoms with Crippen molar-refractivity contribution in [2.45, 2.75) is 13.0 Å². The van der Waals surface area contributed by atoms with Crippen molar-refractivity contribution < 1.29 is 19.1 Å². The number of hydrogen-bond donors (Lipinski definition) is 3. The molecule has 0 heterocycles. The second kappa shape index (κ2) is 11.1. The second-order valence-electron chi connectivity index (χ2n) is 5.57. The molecule has 0 aromatic heterocycles. The van der Waals surface area contributed by atoms with Crippen molar-refractivity contribution in [3.63, 3.8) is 0 Å². The van der Waals surface area contributed by atoms with Crippen LogP contribution in [0.2, 0.25) is 15.1 Å². The largest absolute Gasteiger partial charge is 0.484 e. The summed E-state index contributed by atoms with van der Waals surface area (Å²) < 4.78 is 10.8. The number of rotatable bonds is 6. The molecule has 0 aliphatic carbocycles. The molecule has 0 aliphatic rings. The summed E-state index contributed by atoms with van der Waals surface area (Å²) in [7, 11) is 0. The maximum absolute atomic E-state index is 12.1. The zero-order chi connectivity index (χ0) is 21.4. The lowest BCUT2D eigenvalue weighted by Gasteiger charge is -2.17. The van der Waals surface area contributed by atoms with Crippen molar-refractivity contribution in [2.75, 3.05) is 6.61 Å². The molecule has 0 saturated carbocycles. The molecule has 0 fully saturated rings. The molecular formula is C18H16Cl3N3O4S. The summed E-state index contributed by atoms with van der Waals surface area (Å²) in [5.41, 5.74) is 4.70. The van der Waals surface area contributed by atoms with Gasteiger partial charge in [0.05, 0.1) is 5.02 Å². The van der Waals surface area contributed by atoms with Gasteiger partial charge in [0.2, 0.25) is 0 Å². The van der Waals surface area contributed by atoms with Crippen molar-refractivity contribution in [2.24, 2.45) is 0 Å². The minimum atomic E-state index is -0.905. The zero-order valence-electron chi connectivity index (χ0n) is 15.0. The van der Waals surface area contributed by atoms with E-state index in [-0.39, 0.29) is 16.7 Å². The Hall–Kier alpha value is -2.26. The number of nitrogens with one attached hydrogen (secondary N) is 3. The van der Waals surface area contributed by atoms with Gasteiger partial charge in [0.1, 0.15) is 11.5 Å². The topological polar surface area (TPSA) is 88.7 Å². The molecule has 0 aliphatic heterocycles. The van der Waals surface area contributed by atoms with Crippen LogP contribution in [0.1, 0.15) is 6.92 Å². The van der Waals surface area contributed by atoms with E-state index >= 15 is 0 Å². The van der Waals surface area contributed by atoms with E-state index < -0.39 is 17.9 Å². The van der Waals surface area contributed by atoms with Crippen molar-refractivity contribution in [1.82, 2.24) is 16.2 Å². The average Bonchev–Trinajstić information content (AvgIpc) is 2.68. The lowest BCUT2D eigenvalue weighted by atomic mass is 10.3. The molecule has 11 heteroatoms. The Morgan fingerprint density at radius 3 is 2.34 bits per heavy atom. The molecule has 0 saturated heterocycles. The number of thiocarbonyl (C=S) groups is 1. The first-order chi connectivity index (χ1) is 13.7. The van der Waals surface area contributed by atoms with Crippen LogP contribution in [-0.4, -0.2) is 29.6 Å². The van der Waals surface area contributed by atoms with Gasteiger partial charge in [-0.05, 0) is 61.6 Å². The minimum Gasteiger partial charge on any atom is -0.484 e. The van der Waals surface area contributed by atoms with Crippen LogP contribution >= 0.6 is 47.0 Å². The van der Waals surface area contributed by atoms with E-state index in [1.165, 1.54) is 13.0 Å². The van der Waals surface area contributed by atoms with Crippen molar-refractivity contribution in [1.29, 1.82) is 0 Å². The van der Waals surface area contributed by atoms with Crippen LogP contribution in [0.3, 0.4) is 0 Å². The van der Waals surface area contributed by atoms with Gasteiger partial charge in [0.15, 0.2) is 17.8 Å². The summed E-state index contributed by atoms with van der Waals surface area (Å²) in [6.07, 6.45) is -0.905. The van der Waals surface area contributed by atoms with Crippen LogP contribution in [-0.2, 0) is 9.59 Å². The highest BCUT2D eigenvalue weighted by Gasteiger charge is 2.17. The highest BCUT2D eigenvalue weighted by Crippen LogP contribution is 2.28. The van der Waals surface area contributed by atoms with Gasteiger partial charge in [-0.15, -0.1) is 0 Å². The van der Waals surface area contributed by atoms with Gasteiger partial charge in [-0.1, -0.05) is 34.8 Å². The summed E-state index contributed by atoms with van der Waals surface area (Å²) in [5, 5.41) is 3.54. The summed E-state index contributed by atoms with van der Waals surface area (Å²) in [4.78, 5) is 23.9. The lowest BCUT2D eigenvalue weighted by Crippen LogP contribution is -2.51. The predicted octanol–water partition coefficient (Wildman–Crippen LogP) is 3.52. The van der Waals surface area contributed by atoms with Gasteiger partial charge in [-0.2, -0.15) is 0 Å². The van der Waals surface area contributed by atoms with Crippen LogP contribution < -0.4 is 25.6 Å². The van der Waals surface area contributed by atoms with E-state index in [9.17, 15) is 9.59 Å². The van der Waals surface area contributed by atoms with Gasteiger partial charge in [0.25, 0.3) is 11.8 Å². The molecule has 154 valence electrons. The summed E-state index contributed by atoms with van der Waals surface area (Å²) in [5.74, 6) is -0.272. The number of hydrazine groups is 1. The van der Waals surface area contributed by atoms with E-state index in [0.717, 1.165) is 0 Å². The van der Waals surface area contributed by atoms with Crippen molar-refractivity contribution >= 4 is 63.9 Å². The van der Waals surface area contributed by atoms with Crippen LogP contribution in [0, 0.1) is 0 Å². The van der Waals surface area contributed by atoms with E-state index in [1.54, 1.807) is 36.4 Å². The first-order valence-electron chi connectivity index (χ1n) is 8.14. The van der Waals surface area contributed by atoms with Gasteiger partial charge in [-0.3, -0.25) is 25.8 Å². The monoisotopic (exact) mass is 475 g/mol. The highest BCUT2D eigenvalue weighted by molar-refractivity contribution is 7.80. The van der Waals surface area contributed by atoms with E-state index in [4.69, 9.17) is 56.5 Å². The number of carbonyl (C=O) groups excluding carboxylic acids is 2. The Balaban J connectivity index is 1.72. The van der Waals surface area contributed by atoms with Gasteiger partial charge in [-0.25, -0.2) is 0 Å². The normalized spacial score (nSPS) is 11.2. The Morgan fingerprint density at radius 2 is 1.69 bits per heavy atom. The molecule has 7 nitrogen and oxygen atoms in total. The molecule has 2 aromatic rings. The molecule has 2 rings (SSSR count). The number of benzene rings is 2. The summed E-state index contributed by atoms with van der Waals surface area (Å²) >= 11 is 22.5. The van der Waals surface area contributed by atoms with E-state index in [2.05, 4.69) is 16.2 Å². The van der Waals surface area contributed by atoms with Crippen LogP contribution in [0.5, 0.6) is 11.5 Å². The van der Waals surface area contributed by atoms with E-state index in [0.29, 0.717) is 21.5 Å². The molecule has 3 N–H and O–H groups in total. The first-order valence-corrected chi connectivity index (χ1v) is 9.68. The summed E-state index contributed by atoms with van der Waals surface area (Å²) in [6, 6.07) is 11.2. The molecule has 0 spiro atoms. The molecule has 2 amide bonds. The van der Waals surface area contributed by atoms with Crippen LogP contribution in [0.4, 0.5) is 0 Å². The van der Waals surface area contributed by atoms with Crippen LogP contribution in [0.25, 0.3) is 0 Å². The number of amides is 2. The third-order valence-electron chi connectivity index (χ3n) is 3.30. The van der Waals surface area contributed by atoms with Crippen molar-refractivity contribution in [3.8, 4) is 11.5 Å². The Labute approximate surface area is 187 Å². The summed E-state index contributed by atoms with van der Waals surface area (Å²) in [6.45, 7) is 1.25. The highest BCUT2D eigenvalue weighted by atomic mass is 35.5. The van der Waals surface area contributed by atoms with Gasteiger partial charge < -0.3 is 9.47 Å².